The Morgan fingerprint density at radius 2 is 2.00 bits per heavy atom. The summed E-state index contributed by atoms with van der Waals surface area (Å²) < 4.78 is 0. The first-order valence-electron chi connectivity index (χ1n) is 8.79. The summed E-state index contributed by atoms with van der Waals surface area (Å²) in [5.74, 6) is 0. The molecule has 0 unspecified atom stereocenters. The number of rotatable bonds is 6. The molecule has 0 atom stereocenters. The van der Waals surface area contributed by atoms with Gasteiger partial charge in [0.15, 0.2) is 0 Å². The van der Waals surface area contributed by atoms with Gasteiger partial charge >= 0.3 is 0 Å². The molecule has 0 aromatic heterocycles. The van der Waals surface area contributed by atoms with E-state index in [1.807, 2.05) is 12.2 Å². The Hall–Kier alpha value is -2.05. The van der Waals surface area contributed by atoms with Crippen molar-refractivity contribution < 1.29 is 0 Å². The summed E-state index contributed by atoms with van der Waals surface area (Å²) in [6, 6.07) is 6.73. The van der Waals surface area contributed by atoms with E-state index in [4.69, 9.17) is 11.6 Å². The molecule has 0 aliphatic heterocycles. The highest BCUT2D eigenvalue weighted by molar-refractivity contribution is 6.31. The Morgan fingerprint density at radius 1 is 1.24 bits per heavy atom. The Labute approximate surface area is 156 Å². The molecule has 1 fully saturated rings. The van der Waals surface area contributed by atoms with E-state index >= 15 is 0 Å². The van der Waals surface area contributed by atoms with Crippen molar-refractivity contribution in [2.45, 2.75) is 32.6 Å². The fourth-order valence-electron chi connectivity index (χ4n) is 3.49. The first-order valence-corrected chi connectivity index (χ1v) is 9.17. The van der Waals surface area contributed by atoms with Crippen molar-refractivity contribution in [3.8, 4) is 0 Å². The Balaban J connectivity index is 1.95. The van der Waals surface area contributed by atoms with Gasteiger partial charge in [-0.05, 0) is 59.4 Å². The third kappa shape index (κ3) is 3.80. The number of halogens is 1. The minimum absolute atomic E-state index is 0.298. The van der Waals surface area contributed by atoms with Gasteiger partial charge < -0.3 is 0 Å². The summed E-state index contributed by atoms with van der Waals surface area (Å²) in [4.78, 5) is 0. The van der Waals surface area contributed by atoms with Gasteiger partial charge in [-0.3, -0.25) is 0 Å². The normalized spacial score (nSPS) is 19.1. The molecule has 0 heterocycles. The van der Waals surface area contributed by atoms with Gasteiger partial charge in [0, 0.05) is 11.5 Å². The highest BCUT2D eigenvalue weighted by Crippen LogP contribution is 2.50. The predicted molar refractivity (Wildman–Crippen MR) is 111 cm³/mol. The van der Waals surface area contributed by atoms with E-state index in [2.05, 4.69) is 57.0 Å². The van der Waals surface area contributed by atoms with E-state index < -0.39 is 0 Å². The van der Waals surface area contributed by atoms with Gasteiger partial charge in [-0.25, -0.2) is 0 Å². The fraction of sp³-hybridized carbons (Fsp3) is 0.250. The number of hydrogen-bond donors (Lipinski definition) is 0. The molecule has 1 aromatic rings. The molecular formula is C24H25Cl. The van der Waals surface area contributed by atoms with Crippen LogP contribution in [0.15, 0.2) is 84.5 Å². The van der Waals surface area contributed by atoms with Crippen LogP contribution in [0, 0.1) is 12.3 Å². The van der Waals surface area contributed by atoms with Crippen LogP contribution in [0.2, 0.25) is 0 Å². The van der Waals surface area contributed by atoms with Crippen LogP contribution >= 0.6 is 11.6 Å². The third-order valence-electron chi connectivity index (χ3n) is 5.21. The number of benzene rings is 1. The standard InChI is InChI=1S/C24H25Cl/c1-5-7-8-21-18(4)14-19(15-23(21)25)22-10-9-17(3)13-20(22)16-24(6-2)11-12-24/h5-10,13-14H,1-2,4,11-12,15-16H2,3H3/b8-7-. The van der Waals surface area contributed by atoms with Gasteiger partial charge in [-0.1, -0.05) is 78.9 Å². The van der Waals surface area contributed by atoms with Crippen molar-refractivity contribution in [3.63, 3.8) is 0 Å². The van der Waals surface area contributed by atoms with Crippen LogP contribution < -0.4 is 0 Å². The van der Waals surface area contributed by atoms with Gasteiger partial charge in [0.05, 0.1) is 0 Å². The molecule has 1 heteroatoms. The molecular weight excluding hydrogens is 324 g/mol. The Bertz CT molecular complexity index is 826. The lowest BCUT2D eigenvalue weighted by molar-refractivity contribution is 0.648. The molecule has 2 aliphatic rings. The number of allylic oxidation sites excluding steroid dienone is 9. The second kappa shape index (κ2) is 7.06. The van der Waals surface area contributed by atoms with Crippen molar-refractivity contribution in [1.29, 1.82) is 0 Å². The zero-order valence-corrected chi connectivity index (χ0v) is 15.7. The van der Waals surface area contributed by atoms with Crippen LogP contribution in [0.1, 0.15) is 36.0 Å². The van der Waals surface area contributed by atoms with E-state index in [0.29, 0.717) is 5.41 Å². The summed E-state index contributed by atoms with van der Waals surface area (Å²) >= 11 is 6.59. The van der Waals surface area contributed by atoms with E-state index in [1.54, 1.807) is 6.08 Å². The molecule has 0 radical (unpaired) electrons. The summed E-state index contributed by atoms with van der Waals surface area (Å²) in [7, 11) is 0. The average Bonchev–Trinajstić information content (AvgIpc) is 3.34. The summed E-state index contributed by atoms with van der Waals surface area (Å²) in [6.45, 7) is 14.1. The Morgan fingerprint density at radius 3 is 2.60 bits per heavy atom. The molecule has 0 spiro atoms. The fourth-order valence-corrected chi connectivity index (χ4v) is 3.81. The number of hydrogen-bond acceptors (Lipinski definition) is 0. The first-order chi connectivity index (χ1) is 12.0. The molecule has 25 heavy (non-hydrogen) atoms. The monoisotopic (exact) mass is 348 g/mol. The van der Waals surface area contributed by atoms with E-state index in [1.165, 1.54) is 35.1 Å². The van der Waals surface area contributed by atoms with E-state index in [-0.39, 0.29) is 0 Å². The highest BCUT2D eigenvalue weighted by Gasteiger charge is 2.39. The van der Waals surface area contributed by atoms with Crippen LogP contribution in [0.4, 0.5) is 0 Å². The quantitative estimate of drug-likeness (QED) is 0.380. The topological polar surface area (TPSA) is 0 Å². The summed E-state index contributed by atoms with van der Waals surface area (Å²) in [5, 5.41) is 0.844. The van der Waals surface area contributed by atoms with Gasteiger partial charge in [-0.2, -0.15) is 0 Å². The molecule has 0 bridgehead atoms. The molecule has 2 aliphatic carbocycles. The lowest BCUT2D eigenvalue weighted by Crippen LogP contribution is -2.06. The lowest BCUT2D eigenvalue weighted by atomic mass is 9.85. The van der Waals surface area contributed by atoms with E-state index in [0.717, 1.165) is 29.0 Å². The molecule has 0 saturated heterocycles. The summed E-state index contributed by atoms with van der Waals surface area (Å²) in [6.07, 6.45) is 14.2. The largest absolute Gasteiger partial charge is 0.103 e. The minimum atomic E-state index is 0.298. The molecule has 0 amide bonds. The SMILES string of the molecule is C=C/C=C\C1=C(Cl)CC(c2ccc(C)cc2CC2(C=C)CC2)=CC1=C. The van der Waals surface area contributed by atoms with Gasteiger partial charge in [0.2, 0.25) is 0 Å². The van der Waals surface area contributed by atoms with Crippen LogP contribution in [-0.4, -0.2) is 0 Å². The smallest absolute Gasteiger partial charge is 0.0303 e. The molecule has 1 aromatic carbocycles. The van der Waals surface area contributed by atoms with Crippen LogP contribution in [0.5, 0.6) is 0 Å². The maximum atomic E-state index is 6.59. The second-order valence-electron chi connectivity index (χ2n) is 7.19. The summed E-state index contributed by atoms with van der Waals surface area (Å²) in [5.41, 5.74) is 7.50. The predicted octanol–water partition coefficient (Wildman–Crippen LogP) is 7.08. The third-order valence-corrected chi connectivity index (χ3v) is 5.54. The van der Waals surface area contributed by atoms with Crippen molar-refractivity contribution in [2.75, 3.05) is 0 Å². The van der Waals surface area contributed by atoms with E-state index in [9.17, 15) is 0 Å². The van der Waals surface area contributed by atoms with Gasteiger partial charge in [0.1, 0.15) is 0 Å². The zero-order valence-electron chi connectivity index (χ0n) is 14.9. The maximum absolute atomic E-state index is 6.59. The van der Waals surface area contributed by atoms with Gasteiger partial charge in [-0.15, -0.1) is 6.58 Å². The molecule has 128 valence electrons. The van der Waals surface area contributed by atoms with Crippen molar-refractivity contribution in [3.05, 3.63) is 101 Å². The van der Waals surface area contributed by atoms with Crippen LogP contribution in [0.25, 0.3) is 5.57 Å². The first kappa shape index (κ1) is 17.8. The maximum Gasteiger partial charge on any atom is 0.0303 e. The second-order valence-corrected chi connectivity index (χ2v) is 7.65. The van der Waals surface area contributed by atoms with Crippen molar-refractivity contribution in [1.82, 2.24) is 0 Å². The molecule has 0 N–H and O–H groups in total. The highest BCUT2D eigenvalue weighted by atomic mass is 35.5. The average molecular weight is 349 g/mol. The van der Waals surface area contributed by atoms with Crippen LogP contribution in [0.3, 0.4) is 0 Å². The van der Waals surface area contributed by atoms with Crippen molar-refractivity contribution in [2.24, 2.45) is 5.41 Å². The van der Waals surface area contributed by atoms with Gasteiger partial charge in [0.25, 0.3) is 0 Å². The zero-order chi connectivity index (χ0) is 18.0. The Kier molecular flexibility index (Phi) is 5.01. The molecule has 0 nitrogen and oxygen atoms in total. The number of aryl methyl sites for hydroxylation is 1. The van der Waals surface area contributed by atoms with Crippen molar-refractivity contribution >= 4 is 17.2 Å². The molecule has 3 rings (SSSR count). The molecule has 1 saturated carbocycles. The minimum Gasteiger partial charge on any atom is -0.103 e. The van der Waals surface area contributed by atoms with Crippen LogP contribution in [-0.2, 0) is 6.42 Å². The lowest BCUT2D eigenvalue weighted by Gasteiger charge is -2.21.